The van der Waals surface area contributed by atoms with Gasteiger partial charge in [-0.05, 0) is 12.8 Å². The van der Waals surface area contributed by atoms with Gasteiger partial charge in [0.25, 0.3) is 0 Å². The number of rotatable bonds is 1. The quantitative estimate of drug-likeness (QED) is 0.522. The Labute approximate surface area is 55.9 Å². The van der Waals surface area contributed by atoms with Crippen LogP contribution in [0.15, 0.2) is 4.99 Å². The second kappa shape index (κ2) is 2.48. The summed E-state index contributed by atoms with van der Waals surface area (Å²) < 4.78 is 5.32. The molecule has 0 amide bonds. The molecule has 0 radical (unpaired) electrons. The van der Waals surface area contributed by atoms with Crippen molar-refractivity contribution < 1.29 is 4.74 Å². The van der Waals surface area contributed by atoms with Gasteiger partial charge in [0.1, 0.15) is 0 Å². The smallest absolute Gasteiger partial charge is 0.151 e. The highest BCUT2D eigenvalue weighted by molar-refractivity contribution is 5.84. The molecule has 0 aliphatic carbocycles. The van der Waals surface area contributed by atoms with Gasteiger partial charge in [-0.15, -0.1) is 0 Å². The van der Waals surface area contributed by atoms with Crippen molar-refractivity contribution in [1.82, 2.24) is 0 Å². The van der Waals surface area contributed by atoms with E-state index in [-0.39, 0.29) is 6.23 Å². The third-order valence-corrected chi connectivity index (χ3v) is 1.38. The van der Waals surface area contributed by atoms with Crippen molar-refractivity contribution in [1.29, 1.82) is 0 Å². The Morgan fingerprint density at radius 2 is 2.33 bits per heavy atom. The van der Waals surface area contributed by atoms with Gasteiger partial charge < -0.3 is 4.74 Å². The Hall–Kier alpha value is -0.370. The molecule has 1 unspecified atom stereocenters. The van der Waals surface area contributed by atoms with E-state index in [1.165, 1.54) is 0 Å². The summed E-state index contributed by atoms with van der Waals surface area (Å²) in [7, 11) is 0. The molecule has 1 rings (SSSR count). The molecule has 0 spiro atoms. The van der Waals surface area contributed by atoms with Crippen LogP contribution in [0.5, 0.6) is 0 Å². The van der Waals surface area contributed by atoms with Gasteiger partial charge in [0.05, 0.1) is 6.61 Å². The SMILES string of the molecule is CC1=NC(C(C)C)OC1. The van der Waals surface area contributed by atoms with Crippen LogP contribution >= 0.6 is 0 Å². The molecule has 9 heavy (non-hydrogen) atoms. The topological polar surface area (TPSA) is 21.6 Å². The Balaban J connectivity index is 2.47. The Morgan fingerprint density at radius 1 is 1.67 bits per heavy atom. The molecule has 2 nitrogen and oxygen atoms in total. The minimum atomic E-state index is 0.130. The molecule has 0 aromatic carbocycles. The zero-order valence-corrected chi connectivity index (χ0v) is 6.22. The number of nitrogens with zero attached hydrogens (tertiary/aromatic N) is 1. The van der Waals surface area contributed by atoms with Crippen LogP contribution in [-0.4, -0.2) is 18.5 Å². The summed E-state index contributed by atoms with van der Waals surface area (Å²) >= 11 is 0. The van der Waals surface area contributed by atoms with E-state index in [2.05, 4.69) is 18.8 Å². The molecule has 0 fully saturated rings. The second-order valence-electron chi connectivity index (χ2n) is 2.81. The maximum atomic E-state index is 5.32. The lowest BCUT2D eigenvalue weighted by Gasteiger charge is -2.09. The van der Waals surface area contributed by atoms with Gasteiger partial charge in [-0.25, -0.2) is 0 Å². The Morgan fingerprint density at radius 3 is 2.56 bits per heavy atom. The summed E-state index contributed by atoms with van der Waals surface area (Å²) in [4.78, 5) is 4.28. The maximum Gasteiger partial charge on any atom is 0.151 e. The Bertz CT molecular complexity index is 129. The third kappa shape index (κ3) is 1.52. The van der Waals surface area contributed by atoms with Gasteiger partial charge >= 0.3 is 0 Å². The largest absolute Gasteiger partial charge is 0.350 e. The van der Waals surface area contributed by atoms with Crippen LogP contribution in [0.4, 0.5) is 0 Å². The molecule has 0 saturated heterocycles. The first-order valence-electron chi connectivity index (χ1n) is 3.35. The zero-order chi connectivity index (χ0) is 6.85. The predicted octanol–water partition coefficient (Wildman–Crippen LogP) is 1.46. The van der Waals surface area contributed by atoms with Crippen molar-refractivity contribution in [2.45, 2.75) is 27.0 Å². The minimum absolute atomic E-state index is 0.130. The van der Waals surface area contributed by atoms with Crippen LogP contribution in [0.1, 0.15) is 20.8 Å². The molecule has 1 aliphatic heterocycles. The monoisotopic (exact) mass is 127 g/mol. The summed E-state index contributed by atoms with van der Waals surface area (Å²) in [6, 6.07) is 0. The summed E-state index contributed by atoms with van der Waals surface area (Å²) in [5.74, 6) is 0.516. The maximum absolute atomic E-state index is 5.32. The normalized spacial score (nSPS) is 27.1. The Kier molecular flexibility index (Phi) is 1.86. The lowest BCUT2D eigenvalue weighted by Crippen LogP contribution is -2.11. The highest BCUT2D eigenvalue weighted by Gasteiger charge is 2.17. The molecule has 52 valence electrons. The number of hydrogen-bond acceptors (Lipinski definition) is 2. The van der Waals surface area contributed by atoms with E-state index in [9.17, 15) is 0 Å². The lowest BCUT2D eigenvalue weighted by molar-refractivity contribution is 0.0729. The average molecular weight is 127 g/mol. The van der Waals surface area contributed by atoms with Crippen molar-refractivity contribution in [3.05, 3.63) is 0 Å². The summed E-state index contributed by atoms with van der Waals surface area (Å²) in [5, 5.41) is 0. The average Bonchev–Trinajstić information content (AvgIpc) is 2.14. The molecule has 2 heteroatoms. The van der Waals surface area contributed by atoms with Crippen LogP contribution in [0.3, 0.4) is 0 Å². The van der Waals surface area contributed by atoms with Crippen molar-refractivity contribution in [3.63, 3.8) is 0 Å². The third-order valence-electron chi connectivity index (χ3n) is 1.38. The molecular formula is C7H13NO. The van der Waals surface area contributed by atoms with Crippen molar-refractivity contribution in [3.8, 4) is 0 Å². The van der Waals surface area contributed by atoms with E-state index < -0.39 is 0 Å². The molecule has 0 aromatic rings. The molecule has 1 aliphatic rings. The summed E-state index contributed by atoms with van der Waals surface area (Å²) in [6.07, 6.45) is 0.130. The van der Waals surface area contributed by atoms with Crippen LogP contribution in [-0.2, 0) is 4.74 Å². The fourth-order valence-electron chi connectivity index (χ4n) is 0.839. The van der Waals surface area contributed by atoms with Gasteiger partial charge in [-0.3, -0.25) is 4.99 Å². The first kappa shape index (κ1) is 6.75. The van der Waals surface area contributed by atoms with E-state index >= 15 is 0 Å². The molecule has 1 atom stereocenters. The number of ether oxygens (including phenoxy) is 1. The van der Waals surface area contributed by atoms with E-state index in [4.69, 9.17) is 4.74 Å². The summed E-state index contributed by atoms with van der Waals surface area (Å²) in [5.41, 5.74) is 1.12. The van der Waals surface area contributed by atoms with Gasteiger partial charge in [0.2, 0.25) is 0 Å². The molecule has 1 heterocycles. The summed E-state index contributed by atoms with van der Waals surface area (Å²) in [6.45, 7) is 6.96. The molecule has 0 N–H and O–H groups in total. The highest BCUT2D eigenvalue weighted by Crippen LogP contribution is 2.13. The van der Waals surface area contributed by atoms with Gasteiger partial charge in [-0.2, -0.15) is 0 Å². The molecular weight excluding hydrogens is 114 g/mol. The molecule has 0 bridgehead atoms. The molecule has 0 saturated carbocycles. The first-order valence-corrected chi connectivity index (χ1v) is 3.35. The fourth-order valence-corrected chi connectivity index (χ4v) is 0.839. The lowest BCUT2D eigenvalue weighted by atomic mass is 10.2. The fraction of sp³-hybridized carbons (Fsp3) is 0.857. The van der Waals surface area contributed by atoms with Gasteiger partial charge in [0.15, 0.2) is 6.23 Å². The van der Waals surface area contributed by atoms with E-state index in [1.807, 2.05) is 6.92 Å². The highest BCUT2D eigenvalue weighted by atomic mass is 16.5. The van der Waals surface area contributed by atoms with Crippen LogP contribution in [0, 0.1) is 5.92 Å². The van der Waals surface area contributed by atoms with Gasteiger partial charge in [-0.1, -0.05) is 13.8 Å². The minimum Gasteiger partial charge on any atom is -0.350 e. The zero-order valence-electron chi connectivity index (χ0n) is 6.22. The van der Waals surface area contributed by atoms with Crippen LogP contribution in [0.25, 0.3) is 0 Å². The first-order chi connectivity index (χ1) is 4.20. The van der Waals surface area contributed by atoms with Crippen molar-refractivity contribution >= 4 is 5.71 Å². The van der Waals surface area contributed by atoms with E-state index in [1.54, 1.807) is 0 Å². The van der Waals surface area contributed by atoms with Crippen LogP contribution < -0.4 is 0 Å². The number of hydrogen-bond donors (Lipinski definition) is 0. The van der Waals surface area contributed by atoms with Gasteiger partial charge in [0, 0.05) is 5.71 Å². The van der Waals surface area contributed by atoms with E-state index in [0.717, 1.165) is 12.3 Å². The second-order valence-corrected chi connectivity index (χ2v) is 2.81. The standard InChI is InChI=1S/C7H13NO/c1-5(2)7-8-6(3)4-9-7/h5,7H,4H2,1-3H3. The number of aliphatic imine (C=N–C) groups is 1. The van der Waals surface area contributed by atoms with Crippen molar-refractivity contribution in [2.24, 2.45) is 10.9 Å². The van der Waals surface area contributed by atoms with Crippen molar-refractivity contribution in [2.75, 3.05) is 6.61 Å². The van der Waals surface area contributed by atoms with Crippen LogP contribution in [0.2, 0.25) is 0 Å². The molecule has 0 aromatic heterocycles. The van der Waals surface area contributed by atoms with E-state index in [0.29, 0.717) is 5.92 Å². The predicted molar refractivity (Wildman–Crippen MR) is 37.7 cm³/mol.